The van der Waals surface area contributed by atoms with Gasteiger partial charge in [-0.15, -0.1) is 0 Å². The van der Waals surface area contributed by atoms with Gasteiger partial charge >= 0.3 is 0 Å². The van der Waals surface area contributed by atoms with Crippen LogP contribution in [0.4, 0.5) is 0 Å². The van der Waals surface area contributed by atoms with E-state index in [2.05, 4.69) is 0 Å². The minimum Gasteiger partial charge on any atom is -0.368 e. The van der Waals surface area contributed by atoms with Crippen LogP contribution < -0.4 is 5.73 Å². The lowest BCUT2D eigenvalue weighted by Gasteiger charge is -2.03. The monoisotopic (exact) mass is 202 g/mol. The molecular weight excluding hydrogens is 192 g/mol. The number of ketones is 1. The van der Waals surface area contributed by atoms with Crippen LogP contribution in [0.2, 0.25) is 0 Å². The number of nitriles is 1. The van der Waals surface area contributed by atoms with Crippen LogP contribution in [0.1, 0.15) is 5.56 Å². The highest BCUT2D eigenvalue weighted by Crippen LogP contribution is 2.05. The summed E-state index contributed by atoms with van der Waals surface area (Å²) in [6.45, 7) is 0. The predicted molar refractivity (Wildman–Crippen MR) is 53.5 cm³/mol. The van der Waals surface area contributed by atoms with Crippen molar-refractivity contribution in [3.8, 4) is 6.07 Å². The van der Waals surface area contributed by atoms with Crippen LogP contribution in [0.15, 0.2) is 30.3 Å². The van der Waals surface area contributed by atoms with Crippen molar-refractivity contribution in [1.29, 1.82) is 5.26 Å². The number of nitrogens with zero attached hydrogens (tertiary/aromatic N) is 1. The van der Waals surface area contributed by atoms with Crippen molar-refractivity contribution in [2.24, 2.45) is 11.7 Å². The fourth-order valence-electron chi connectivity index (χ4n) is 1.19. The third kappa shape index (κ3) is 2.92. The van der Waals surface area contributed by atoms with E-state index < -0.39 is 17.6 Å². The summed E-state index contributed by atoms with van der Waals surface area (Å²) in [5, 5.41) is 8.57. The highest BCUT2D eigenvalue weighted by Gasteiger charge is 2.23. The third-order valence-electron chi connectivity index (χ3n) is 1.96. The van der Waals surface area contributed by atoms with E-state index in [1.807, 2.05) is 6.07 Å². The number of rotatable bonds is 4. The molecule has 0 aliphatic heterocycles. The van der Waals surface area contributed by atoms with Gasteiger partial charge in [0.1, 0.15) is 0 Å². The normalized spacial score (nSPS) is 11.4. The average Bonchev–Trinajstić information content (AvgIpc) is 2.19. The van der Waals surface area contributed by atoms with Crippen LogP contribution in [0.3, 0.4) is 0 Å². The second kappa shape index (κ2) is 4.91. The Kier molecular flexibility index (Phi) is 3.58. The zero-order valence-corrected chi connectivity index (χ0v) is 8.01. The molecule has 76 valence electrons. The van der Waals surface area contributed by atoms with Crippen LogP contribution in [0, 0.1) is 17.2 Å². The van der Waals surface area contributed by atoms with E-state index in [-0.39, 0.29) is 6.42 Å². The van der Waals surface area contributed by atoms with Gasteiger partial charge < -0.3 is 5.73 Å². The van der Waals surface area contributed by atoms with Gasteiger partial charge in [0.05, 0.1) is 6.07 Å². The van der Waals surface area contributed by atoms with Crippen molar-refractivity contribution in [3.05, 3.63) is 35.9 Å². The number of carbonyl (C=O) groups excluding carboxylic acids is 2. The Bertz CT molecular complexity index is 406. The maximum atomic E-state index is 11.5. The molecule has 0 heterocycles. The highest BCUT2D eigenvalue weighted by atomic mass is 16.2. The van der Waals surface area contributed by atoms with Gasteiger partial charge in [-0.05, 0) is 5.56 Å². The summed E-state index contributed by atoms with van der Waals surface area (Å²) in [6, 6.07) is 10.5. The lowest BCUT2D eigenvalue weighted by Crippen LogP contribution is -2.30. The number of carbonyl (C=O) groups is 2. The molecule has 15 heavy (non-hydrogen) atoms. The molecule has 0 bridgehead atoms. The Morgan fingerprint density at radius 3 is 2.40 bits per heavy atom. The van der Waals surface area contributed by atoms with E-state index in [9.17, 15) is 9.59 Å². The van der Waals surface area contributed by atoms with Gasteiger partial charge in [0.2, 0.25) is 5.91 Å². The summed E-state index contributed by atoms with van der Waals surface area (Å²) in [7, 11) is 0. The van der Waals surface area contributed by atoms with Crippen molar-refractivity contribution in [3.63, 3.8) is 0 Å². The van der Waals surface area contributed by atoms with Crippen LogP contribution in [-0.2, 0) is 16.0 Å². The first-order valence-electron chi connectivity index (χ1n) is 4.40. The third-order valence-corrected chi connectivity index (χ3v) is 1.96. The van der Waals surface area contributed by atoms with E-state index in [0.717, 1.165) is 5.56 Å². The minimum atomic E-state index is -1.34. The Balaban J connectivity index is 2.72. The Hall–Kier alpha value is -2.15. The highest BCUT2D eigenvalue weighted by molar-refractivity contribution is 6.03. The standard InChI is InChI=1S/C11H10N2O2/c12-7-9(11(13)15)10(14)6-8-4-2-1-3-5-8/h1-5,9H,6H2,(H2,13,15). The summed E-state index contributed by atoms with van der Waals surface area (Å²) in [4.78, 5) is 22.2. The van der Waals surface area contributed by atoms with E-state index >= 15 is 0 Å². The lowest BCUT2D eigenvalue weighted by molar-refractivity contribution is -0.129. The molecule has 4 heteroatoms. The SMILES string of the molecule is N#CC(C(N)=O)C(=O)Cc1ccccc1. The molecule has 0 aromatic heterocycles. The molecule has 0 fully saturated rings. The van der Waals surface area contributed by atoms with Gasteiger partial charge in [-0.2, -0.15) is 5.26 Å². The Morgan fingerprint density at radius 2 is 1.93 bits per heavy atom. The van der Waals surface area contributed by atoms with Crippen molar-refractivity contribution in [2.75, 3.05) is 0 Å². The Labute approximate surface area is 87.3 Å². The minimum absolute atomic E-state index is 0.0575. The number of primary amides is 1. The zero-order valence-electron chi connectivity index (χ0n) is 8.01. The molecule has 0 aliphatic carbocycles. The van der Waals surface area contributed by atoms with Crippen LogP contribution in [0.5, 0.6) is 0 Å². The van der Waals surface area contributed by atoms with Gasteiger partial charge in [0.25, 0.3) is 0 Å². The van der Waals surface area contributed by atoms with Crippen molar-refractivity contribution < 1.29 is 9.59 Å². The number of hydrogen-bond donors (Lipinski definition) is 1. The molecule has 2 N–H and O–H groups in total. The quantitative estimate of drug-likeness (QED) is 0.718. The number of Topliss-reactive ketones (excluding diaryl/α,β-unsaturated/α-hetero) is 1. The molecule has 0 aliphatic rings. The molecule has 1 unspecified atom stereocenters. The molecule has 1 aromatic rings. The fourth-order valence-corrected chi connectivity index (χ4v) is 1.19. The molecule has 1 amide bonds. The second-order valence-electron chi connectivity index (χ2n) is 3.09. The van der Waals surface area contributed by atoms with E-state index in [4.69, 9.17) is 11.0 Å². The molecule has 0 spiro atoms. The van der Waals surface area contributed by atoms with Gasteiger partial charge in [-0.1, -0.05) is 30.3 Å². The first-order valence-corrected chi connectivity index (χ1v) is 4.40. The van der Waals surface area contributed by atoms with Gasteiger partial charge in [0, 0.05) is 6.42 Å². The van der Waals surface area contributed by atoms with E-state index in [0.29, 0.717) is 0 Å². The van der Waals surface area contributed by atoms with Gasteiger partial charge in [-0.25, -0.2) is 0 Å². The lowest BCUT2D eigenvalue weighted by atomic mass is 9.99. The van der Waals surface area contributed by atoms with Crippen molar-refractivity contribution in [1.82, 2.24) is 0 Å². The van der Waals surface area contributed by atoms with Crippen molar-refractivity contribution in [2.45, 2.75) is 6.42 Å². The smallest absolute Gasteiger partial charge is 0.242 e. The number of amides is 1. The summed E-state index contributed by atoms with van der Waals surface area (Å²) in [5.41, 5.74) is 5.69. The first-order chi connectivity index (χ1) is 7.15. The summed E-state index contributed by atoms with van der Waals surface area (Å²) in [6.07, 6.45) is 0.0575. The molecule has 0 radical (unpaired) electrons. The van der Waals surface area contributed by atoms with Gasteiger partial charge in [-0.3, -0.25) is 9.59 Å². The van der Waals surface area contributed by atoms with Gasteiger partial charge in [0.15, 0.2) is 11.7 Å². The van der Waals surface area contributed by atoms with Crippen LogP contribution in [0.25, 0.3) is 0 Å². The summed E-state index contributed by atoms with van der Waals surface area (Å²) < 4.78 is 0. The molecule has 0 saturated carbocycles. The molecule has 1 aromatic carbocycles. The van der Waals surface area contributed by atoms with Crippen LogP contribution in [-0.4, -0.2) is 11.7 Å². The van der Waals surface area contributed by atoms with E-state index in [1.165, 1.54) is 0 Å². The molecule has 4 nitrogen and oxygen atoms in total. The maximum Gasteiger partial charge on any atom is 0.242 e. The largest absolute Gasteiger partial charge is 0.368 e. The van der Waals surface area contributed by atoms with E-state index in [1.54, 1.807) is 30.3 Å². The number of nitrogens with two attached hydrogens (primary N) is 1. The Morgan fingerprint density at radius 1 is 1.33 bits per heavy atom. The molecular formula is C11H10N2O2. The first kappa shape index (κ1) is 10.9. The maximum absolute atomic E-state index is 11.5. The average molecular weight is 202 g/mol. The molecule has 1 rings (SSSR count). The number of hydrogen-bond acceptors (Lipinski definition) is 3. The number of benzene rings is 1. The summed E-state index contributed by atoms with van der Waals surface area (Å²) in [5.74, 6) is -2.69. The predicted octanol–water partition coefficient (Wildman–Crippen LogP) is 0.423. The molecule has 0 saturated heterocycles. The topological polar surface area (TPSA) is 83.9 Å². The zero-order chi connectivity index (χ0) is 11.3. The second-order valence-corrected chi connectivity index (χ2v) is 3.09. The fraction of sp³-hybridized carbons (Fsp3) is 0.182. The van der Waals surface area contributed by atoms with Crippen molar-refractivity contribution >= 4 is 11.7 Å². The molecule has 1 atom stereocenters. The van der Waals surface area contributed by atoms with Crippen LogP contribution >= 0.6 is 0 Å². The summed E-state index contributed by atoms with van der Waals surface area (Å²) >= 11 is 0.